The van der Waals surface area contributed by atoms with Crippen LogP contribution >= 0.6 is 0 Å². The molecular formula is C15H27N3. The van der Waals surface area contributed by atoms with Crippen LogP contribution in [0.15, 0.2) is 0 Å². The molecule has 1 saturated carbocycles. The zero-order valence-electron chi connectivity index (χ0n) is 12.1. The normalized spacial score (nSPS) is 39.4. The maximum Gasteiger partial charge on any atom is 0.0672 e. The molecule has 4 atom stereocenters. The monoisotopic (exact) mass is 249 g/mol. The Morgan fingerprint density at radius 3 is 2.72 bits per heavy atom. The topological polar surface area (TPSA) is 30.3 Å². The van der Waals surface area contributed by atoms with Crippen molar-refractivity contribution in [2.45, 2.75) is 51.6 Å². The van der Waals surface area contributed by atoms with E-state index >= 15 is 0 Å². The summed E-state index contributed by atoms with van der Waals surface area (Å²) in [6.45, 7) is 8.07. The van der Waals surface area contributed by atoms with E-state index < -0.39 is 0 Å². The van der Waals surface area contributed by atoms with Gasteiger partial charge in [0.2, 0.25) is 0 Å². The van der Waals surface area contributed by atoms with Gasteiger partial charge in [-0.3, -0.25) is 4.90 Å². The van der Waals surface area contributed by atoms with Crippen LogP contribution < -0.4 is 0 Å². The minimum absolute atomic E-state index is 0.266. The summed E-state index contributed by atoms with van der Waals surface area (Å²) in [7, 11) is 2.23. The second-order valence-corrected chi connectivity index (χ2v) is 6.26. The van der Waals surface area contributed by atoms with E-state index in [4.69, 9.17) is 0 Å². The zero-order valence-corrected chi connectivity index (χ0v) is 12.1. The average Bonchev–Trinajstić information content (AvgIpc) is 2.39. The molecule has 0 radical (unpaired) electrons. The van der Waals surface area contributed by atoms with Crippen LogP contribution in [0.2, 0.25) is 0 Å². The molecule has 18 heavy (non-hydrogen) atoms. The van der Waals surface area contributed by atoms with Gasteiger partial charge in [-0.1, -0.05) is 13.8 Å². The van der Waals surface area contributed by atoms with Crippen molar-refractivity contribution in [3.63, 3.8) is 0 Å². The molecule has 1 saturated heterocycles. The number of nitrogens with zero attached hydrogens (tertiary/aromatic N) is 3. The van der Waals surface area contributed by atoms with Crippen molar-refractivity contribution in [1.82, 2.24) is 9.80 Å². The Balaban J connectivity index is 2.02. The fourth-order valence-corrected chi connectivity index (χ4v) is 3.62. The van der Waals surface area contributed by atoms with Crippen molar-refractivity contribution in [1.29, 1.82) is 5.26 Å². The summed E-state index contributed by atoms with van der Waals surface area (Å²) in [4.78, 5) is 5.09. The highest BCUT2D eigenvalue weighted by Gasteiger charge is 2.36. The van der Waals surface area contributed by atoms with Crippen LogP contribution in [0.5, 0.6) is 0 Å². The van der Waals surface area contributed by atoms with Crippen molar-refractivity contribution in [2.75, 3.05) is 26.7 Å². The van der Waals surface area contributed by atoms with E-state index in [1.54, 1.807) is 0 Å². The van der Waals surface area contributed by atoms with Crippen molar-refractivity contribution >= 4 is 0 Å². The summed E-state index contributed by atoms with van der Waals surface area (Å²) in [5.41, 5.74) is 0. The second-order valence-electron chi connectivity index (χ2n) is 6.26. The van der Waals surface area contributed by atoms with Crippen molar-refractivity contribution in [3.05, 3.63) is 0 Å². The Kier molecular flexibility index (Phi) is 4.64. The molecule has 0 N–H and O–H groups in total. The summed E-state index contributed by atoms with van der Waals surface area (Å²) in [5, 5.41) is 9.37. The number of rotatable bonds is 2. The molecule has 0 spiro atoms. The third kappa shape index (κ3) is 2.87. The highest BCUT2D eigenvalue weighted by Crippen LogP contribution is 2.33. The summed E-state index contributed by atoms with van der Waals surface area (Å²) in [6.07, 6.45) is 4.77. The Morgan fingerprint density at radius 1 is 1.28 bits per heavy atom. The van der Waals surface area contributed by atoms with Gasteiger partial charge in [0.15, 0.2) is 0 Å². The molecule has 2 aliphatic rings. The van der Waals surface area contributed by atoms with E-state index in [1.807, 2.05) is 0 Å². The lowest BCUT2D eigenvalue weighted by Gasteiger charge is -2.46. The fraction of sp³-hybridized carbons (Fsp3) is 0.933. The molecule has 4 unspecified atom stereocenters. The number of likely N-dealkylation sites (N-methyl/N-ethyl adjacent to an activating group) is 1. The van der Waals surface area contributed by atoms with Crippen LogP contribution in [-0.2, 0) is 0 Å². The van der Waals surface area contributed by atoms with Gasteiger partial charge >= 0.3 is 0 Å². The van der Waals surface area contributed by atoms with Gasteiger partial charge < -0.3 is 4.90 Å². The molecule has 3 heteroatoms. The molecule has 102 valence electrons. The predicted octanol–water partition coefficient (Wildman–Crippen LogP) is 2.34. The molecule has 0 amide bonds. The van der Waals surface area contributed by atoms with Crippen LogP contribution in [0.3, 0.4) is 0 Å². The number of nitriles is 1. The smallest absolute Gasteiger partial charge is 0.0672 e. The first-order chi connectivity index (χ1) is 8.65. The number of piperazine rings is 1. The van der Waals surface area contributed by atoms with Gasteiger partial charge in [-0.25, -0.2) is 0 Å². The fourth-order valence-electron chi connectivity index (χ4n) is 3.62. The molecule has 0 aromatic heterocycles. The minimum Gasteiger partial charge on any atom is -0.301 e. The second kappa shape index (κ2) is 6.04. The highest BCUT2D eigenvalue weighted by atomic mass is 15.3. The van der Waals surface area contributed by atoms with Crippen LogP contribution in [0.25, 0.3) is 0 Å². The lowest BCUT2D eigenvalue weighted by molar-refractivity contribution is 0.0278. The summed E-state index contributed by atoms with van der Waals surface area (Å²) >= 11 is 0. The molecule has 0 aromatic rings. The van der Waals surface area contributed by atoms with Crippen molar-refractivity contribution in [2.24, 2.45) is 11.8 Å². The first-order valence-electron chi connectivity index (χ1n) is 7.49. The Morgan fingerprint density at radius 2 is 2.06 bits per heavy atom. The van der Waals surface area contributed by atoms with Crippen LogP contribution in [-0.4, -0.2) is 48.6 Å². The molecule has 1 aliphatic carbocycles. The van der Waals surface area contributed by atoms with E-state index in [0.717, 1.165) is 32.0 Å². The first kappa shape index (κ1) is 13.8. The maximum atomic E-state index is 9.37. The minimum atomic E-state index is 0.266. The van der Waals surface area contributed by atoms with Gasteiger partial charge in [-0.05, 0) is 38.6 Å². The quantitative estimate of drug-likeness (QED) is 0.752. The summed E-state index contributed by atoms with van der Waals surface area (Å²) in [6, 6.07) is 3.75. The van der Waals surface area contributed by atoms with Gasteiger partial charge in [0.05, 0.1) is 12.0 Å². The third-order valence-corrected chi connectivity index (χ3v) is 4.99. The zero-order chi connectivity index (χ0) is 13.1. The largest absolute Gasteiger partial charge is 0.301 e. The first-order valence-corrected chi connectivity index (χ1v) is 7.49. The van der Waals surface area contributed by atoms with Crippen LogP contribution in [0.1, 0.15) is 39.5 Å². The van der Waals surface area contributed by atoms with Gasteiger partial charge in [-0.2, -0.15) is 5.26 Å². The van der Waals surface area contributed by atoms with E-state index in [0.29, 0.717) is 12.1 Å². The lowest BCUT2D eigenvalue weighted by Crippen LogP contribution is -2.56. The van der Waals surface area contributed by atoms with Gasteiger partial charge in [0.25, 0.3) is 0 Å². The summed E-state index contributed by atoms with van der Waals surface area (Å²) in [5.74, 6) is 1.06. The Hall–Kier alpha value is -0.590. The molecule has 3 nitrogen and oxygen atoms in total. The molecule has 1 heterocycles. The molecule has 1 aliphatic heterocycles. The van der Waals surface area contributed by atoms with Crippen molar-refractivity contribution < 1.29 is 0 Å². The maximum absolute atomic E-state index is 9.37. The SMILES string of the molecule is CCC1CN(C2CC(C)CCC2C#N)CCN1C. The van der Waals surface area contributed by atoms with E-state index in [1.165, 1.54) is 19.3 Å². The molecule has 2 rings (SSSR count). The summed E-state index contributed by atoms with van der Waals surface area (Å²) < 4.78 is 0. The number of hydrogen-bond donors (Lipinski definition) is 0. The lowest BCUT2D eigenvalue weighted by atomic mass is 9.78. The number of hydrogen-bond acceptors (Lipinski definition) is 3. The highest BCUT2D eigenvalue weighted by molar-refractivity contribution is 4.98. The van der Waals surface area contributed by atoms with Crippen molar-refractivity contribution in [3.8, 4) is 6.07 Å². The van der Waals surface area contributed by atoms with Crippen LogP contribution in [0, 0.1) is 23.2 Å². The van der Waals surface area contributed by atoms with E-state index in [9.17, 15) is 5.26 Å². The third-order valence-electron chi connectivity index (χ3n) is 4.99. The van der Waals surface area contributed by atoms with Gasteiger partial charge in [0.1, 0.15) is 0 Å². The standard InChI is InChI=1S/C15H27N3/c1-4-14-11-18(8-7-17(14)3)15-9-12(2)5-6-13(15)10-16/h12-15H,4-9,11H2,1-3H3. The van der Waals surface area contributed by atoms with E-state index in [2.05, 4.69) is 36.8 Å². The average molecular weight is 249 g/mol. The molecule has 2 fully saturated rings. The molecule has 0 bridgehead atoms. The van der Waals surface area contributed by atoms with Gasteiger partial charge in [0, 0.05) is 31.7 Å². The molecule has 0 aromatic carbocycles. The van der Waals surface area contributed by atoms with Gasteiger partial charge in [-0.15, -0.1) is 0 Å². The van der Waals surface area contributed by atoms with E-state index in [-0.39, 0.29) is 5.92 Å². The Labute approximate surface area is 112 Å². The predicted molar refractivity (Wildman–Crippen MR) is 74.2 cm³/mol. The Bertz CT molecular complexity index is 309. The molecular weight excluding hydrogens is 222 g/mol. The van der Waals surface area contributed by atoms with Crippen LogP contribution in [0.4, 0.5) is 0 Å².